The summed E-state index contributed by atoms with van der Waals surface area (Å²) in [5.74, 6) is 0.623. The smallest absolute Gasteiger partial charge is 0.263 e. The molecule has 3 rings (SSSR count). The van der Waals surface area contributed by atoms with Gasteiger partial charge >= 0.3 is 0 Å². The SMILES string of the molecule is CCOc1ccccc1C(=O)N1CCN=C1SCc1ccccc1F. The van der Waals surface area contributed by atoms with Gasteiger partial charge in [-0.3, -0.25) is 14.7 Å². The van der Waals surface area contributed by atoms with Crippen LogP contribution in [0.3, 0.4) is 0 Å². The normalized spacial score (nSPS) is 13.7. The van der Waals surface area contributed by atoms with Crippen LogP contribution in [-0.2, 0) is 5.75 Å². The Balaban J connectivity index is 1.73. The number of aliphatic imine (C=N–C) groups is 1. The highest BCUT2D eigenvalue weighted by molar-refractivity contribution is 8.13. The van der Waals surface area contributed by atoms with Gasteiger partial charge in [-0.15, -0.1) is 0 Å². The van der Waals surface area contributed by atoms with Crippen LogP contribution in [-0.4, -0.2) is 35.7 Å². The first-order valence-corrected chi connectivity index (χ1v) is 9.13. The van der Waals surface area contributed by atoms with E-state index in [-0.39, 0.29) is 11.7 Å². The van der Waals surface area contributed by atoms with Crippen molar-refractivity contribution in [3.63, 3.8) is 0 Å². The molecule has 4 nitrogen and oxygen atoms in total. The lowest BCUT2D eigenvalue weighted by Crippen LogP contribution is -2.33. The quantitative estimate of drug-likeness (QED) is 0.812. The van der Waals surface area contributed by atoms with Crippen LogP contribution in [0.5, 0.6) is 5.75 Å². The monoisotopic (exact) mass is 358 g/mol. The van der Waals surface area contributed by atoms with Gasteiger partial charge in [-0.2, -0.15) is 0 Å². The Labute approximate surface area is 150 Å². The molecule has 0 unspecified atom stereocenters. The molecular weight excluding hydrogens is 339 g/mol. The topological polar surface area (TPSA) is 41.9 Å². The maximum Gasteiger partial charge on any atom is 0.263 e. The summed E-state index contributed by atoms with van der Waals surface area (Å²) in [6, 6.07) is 13.8. The Morgan fingerprint density at radius 1 is 1.24 bits per heavy atom. The summed E-state index contributed by atoms with van der Waals surface area (Å²) in [7, 11) is 0. The van der Waals surface area contributed by atoms with Crippen molar-refractivity contribution in [1.82, 2.24) is 4.90 Å². The highest BCUT2D eigenvalue weighted by Crippen LogP contribution is 2.25. The highest BCUT2D eigenvalue weighted by atomic mass is 32.2. The van der Waals surface area contributed by atoms with E-state index in [2.05, 4.69) is 4.99 Å². The number of amidine groups is 1. The van der Waals surface area contributed by atoms with E-state index in [1.165, 1.54) is 17.8 Å². The van der Waals surface area contributed by atoms with Gasteiger partial charge in [0.15, 0.2) is 5.17 Å². The lowest BCUT2D eigenvalue weighted by molar-refractivity contribution is 0.0856. The number of hydrogen-bond donors (Lipinski definition) is 0. The van der Waals surface area contributed by atoms with Crippen LogP contribution in [0.2, 0.25) is 0 Å². The number of ether oxygens (including phenoxy) is 1. The first kappa shape index (κ1) is 17.5. The minimum atomic E-state index is -0.242. The van der Waals surface area contributed by atoms with Crippen LogP contribution in [0.25, 0.3) is 0 Å². The molecule has 6 heteroatoms. The van der Waals surface area contributed by atoms with Crippen LogP contribution < -0.4 is 4.74 Å². The average Bonchev–Trinajstić information content (AvgIpc) is 3.10. The fourth-order valence-corrected chi connectivity index (χ4v) is 3.60. The van der Waals surface area contributed by atoms with E-state index in [1.54, 1.807) is 35.2 Å². The summed E-state index contributed by atoms with van der Waals surface area (Å²) >= 11 is 1.38. The number of nitrogens with zero attached hydrogens (tertiary/aromatic N) is 2. The summed E-state index contributed by atoms with van der Waals surface area (Å²) in [4.78, 5) is 19.0. The molecule has 0 bridgehead atoms. The molecule has 2 aromatic rings. The van der Waals surface area contributed by atoms with E-state index >= 15 is 0 Å². The van der Waals surface area contributed by atoms with E-state index in [9.17, 15) is 9.18 Å². The van der Waals surface area contributed by atoms with E-state index in [1.807, 2.05) is 19.1 Å². The third-order valence-corrected chi connectivity index (χ3v) is 4.84. The predicted molar refractivity (Wildman–Crippen MR) is 98.6 cm³/mol. The molecule has 0 saturated heterocycles. The molecule has 2 aromatic carbocycles. The number of hydrogen-bond acceptors (Lipinski definition) is 4. The predicted octanol–water partition coefficient (Wildman–Crippen LogP) is 3.97. The third-order valence-electron chi connectivity index (χ3n) is 3.78. The number of amides is 1. The number of halogens is 1. The zero-order chi connectivity index (χ0) is 17.6. The molecule has 1 heterocycles. The molecule has 0 aliphatic carbocycles. The van der Waals surface area contributed by atoms with Gasteiger partial charge in [0.25, 0.3) is 5.91 Å². The minimum Gasteiger partial charge on any atom is -0.493 e. The zero-order valence-corrected chi connectivity index (χ0v) is 14.8. The number of para-hydroxylation sites is 1. The van der Waals surface area contributed by atoms with E-state index in [0.29, 0.717) is 47.5 Å². The molecule has 1 amide bonds. The van der Waals surface area contributed by atoms with Gasteiger partial charge in [0.05, 0.1) is 18.7 Å². The zero-order valence-electron chi connectivity index (χ0n) is 13.9. The Kier molecular flexibility index (Phi) is 5.71. The molecule has 0 aromatic heterocycles. The van der Waals surface area contributed by atoms with Crippen molar-refractivity contribution in [2.24, 2.45) is 4.99 Å². The van der Waals surface area contributed by atoms with Gasteiger partial charge in [-0.1, -0.05) is 42.1 Å². The summed E-state index contributed by atoms with van der Waals surface area (Å²) < 4.78 is 19.3. The first-order chi connectivity index (χ1) is 12.2. The van der Waals surface area contributed by atoms with Gasteiger partial charge < -0.3 is 4.74 Å². The van der Waals surface area contributed by atoms with Crippen molar-refractivity contribution >= 4 is 22.8 Å². The first-order valence-electron chi connectivity index (χ1n) is 8.15. The second kappa shape index (κ2) is 8.16. The van der Waals surface area contributed by atoms with Crippen molar-refractivity contribution < 1.29 is 13.9 Å². The second-order valence-corrected chi connectivity index (χ2v) is 6.37. The molecule has 0 atom stereocenters. The van der Waals surface area contributed by atoms with Crippen LogP contribution in [0, 0.1) is 5.82 Å². The maximum atomic E-state index is 13.8. The van der Waals surface area contributed by atoms with E-state index in [4.69, 9.17) is 4.74 Å². The summed E-state index contributed by atoms with van der Waals surface area (Å²) in [5.41, 5.74) is 1.12. The lowest BCUT2D eigenvalue weighted by Gasteiger charge is -2.19. The molecule has 1 aliphatic heterocycles. The van der Waals surface area contributed by atoms with Crippen molar-refractivity contribution in [3.8, 4) is 5.75 Å². The van der Waals surface area contributed by atoms with Crippen molar-refractivity contribution in [2.75, 3.05) is 19.7 Å². The van der Waals surface area contributed by atoms with E-state index < -0.39 is 0 Å². The lowest BCUT2D eigenvalue weighted by atomic mass is 10.2. The number of carbonyl (C=O) groups excluding carboxylic acids is 1. The standard InChI is InChI=1S/C19H19FN2O2S/c1-2-24-17-10-6-4-8-15(17)18(23)22-12-11-21-19(22)25-13-14-7-3-5-9-16(14)20/h3-10H,2,11-13H2,1H3. The molecule has 0 N–H and O–H groups in total. The molecule has 130 valence electrons. The molecule has 0 spiro atoms. The molecular formula is C19H19FN2O2S. The molecule has 25 heavy (non-hydrogen) atoms. The van der Waals surface area contributed by atoms with Crippen LogP contribution >= 0.6 is 11.8 Å². The number of benzene rings is 2. The van der Waals surface area contributed by atoms with Crippen LogP contribution in [0.1, 0.15) is 22.8 Å². The average molecular weight is 358 g/mol. The minimum absolute atomic E-state index is 0.138. The summed E-state index contributed by atoms with van der Waals surface area (Å²) in [6.45, 7) is 3.46. The van der Waals surface area contributed by atoms with Crippen molar-refractivity contribution in [2.45, 2.75) is 12.7 Å². The molecule has 1 aliphatic rings. The van der Waals surface area contributed by atoms with Crippen molar-refractivity contribution in [3.05, 3.63) is 65.5 Å². The van der Waals surface area contributed by atoms with Crippen molar-refractivity contribution in [1.29, 1.82) is 0 Å². The van der Waals surface area contributed by atoms with Gasteiger partial charge in [-0.25, -0.2) is 4.39 Å². The van der Waals surface area contributed by atoms with Gasteiger partial charge in [-0.05, 0) is 30.7 Å². The fraction of sp³-hybridized carbons (Fsp3) is 0.263. The Bertz CT molecular complexity index is 794. The largest absolute Gasteiger partial charge is 0.493 e. The number of rotatable bonds is 5. The van der Waals surface area contributed by atoms with E-state index in [0.717, 1.165) is 0 Å². The molecule has 0 fully saturated rings. The van der Waals surface area contributed by atoms with Gasteiger partial charge in [0, 0.05) is 12.3 Å². The maximum absolute atomic E-state index is 13.8. The van der Waals surface area contributed by atoms with Crippen LogP contribution in [0.4, 0.5) is 4.39 Å². The Morgan fingerprint density at radius 3 is 2.80 bits per heavy atom. The fourth-order valence-electron chi connectivity index (χ4n) is 2.57. The Hall–Kier alpha value is -2.34. The summed E-state index contributed by atoms with van der Waals surface area (Å²) in [6.07, 6.45) is 0. The number of thioether (sulfide) groups is 1. The summed E-state index contributed by atoms with van der Waals surface area (Å²) in [5, 5.41) is 0.625. The second-order valence-electron chi connectivity index (χ2n) is 5.43. The van der Waals surface area contributed by atoms with Crippen LogP contribution in [0.15, 0.2) is 53.5 Å². The van der Waals surface area contributed by atoms with Gasteiger partial charge in [0.2, 0.25) is 0 Å². The van der Waals surface area contributed by atoms with Gasteiger partial charge in [0.1, 0.15) is 11.6 Å². The highest BCUT2D eigenvalue weighted by Gasteiger charge is 2.27. The molecule has 0 saturated carbocycles. The Morgan fingerprint density at radius 2 is 2.00 bits per heavy atom. The number of carbonyl (C=O) groups is 1. The molecule has 0 radical (unpaired) electrons. The third kappa shape index (κ3) is 4.02.